The summed E-state index contributed by atoms with van der Waals surface area (Å²) < 4.78 is 5.23. The van der Waals surface area contributed by atoms with Crippen molar-refractivity contribution in [3.63, 3.8) is 0 Å². The molecule has 2 aromatic rings. The predicted molar refractivity (Wildman–Crippen MR) is 78.6 cm³/mol. The lowest BCUT2D eigenvalue weighted by atomic mass is 10.1. The van der Waals surface area contributed by atoms with Crippen molar-refractivity contribution in [2.75, 3.05) is 18.9 Å². The maximum atomic E-state index is 5.23. The highest BCUT2D eigenvalue weighted by atomic mass is 16.4. The molecule has 2 unspecified atom stereocenters. The zero-order chi connectivity index (χ0) is 14.1. The molecule has 0 amide bonds. The summed E-state index contributed by atoms with van der Waals surface area (Å²) in [5.74, 6) is 0.564. The Bertz CT molecular complexity index is 572. The first-order valence-electron chi connectivity index (χ1n) is 6.97. The number of rotatable bonds is 3. The molecule has 3 rings (SSSR count). The van der Waals surface area contributed by atoms with Crippen LogP contribution in [0.1, 0.15) is 18.9 Å². The Hall–Kier alpha value is -1.88. The quantitative estimate of drug-likeness (QED) is 0.930. The first-order chi connectivity index (χ1) is 9.63. The topological polar surface area (TPSA) is 54.2 Å². The molecule has 2 heterocycles. The summed E-state index contributed by atoms with van der Waals surface area (Å²) in [4.78, 5) is 2.39. The lowest BCUT2D eigenvalue weighted by molar-refractivity contribution is 0.330. The van der Waals surface area contributed by atoms with Crippen molar-refractivity contribution in [2.45, 2.75) is 32.4 Å². The number of hydrogen-bond acceptors (Lipinski definition) is 5. The van der Waals surface area contributed by atoms with Gasteiger partial charge >= 0.3 is 0 Å². The maximum Gasteiger partial charge on any atom is 0.247 e. The summed E-state index contributed by atoms with van der Waals surface area (Å²) in [6, 6.07) is 7.36. The highest BCUT2D eigenvalue weighted by Gasteiger charge is 2.26. The van der Waals surface area contributed by atoms with Gasteiger partial charge in [-0.3, -0.25) is 0 Å². The number of anilines is 1. The Kier molecular flexibility index (Phi) is 3.44. The first kappa shape index (κ1) is 13.1. The SMILES string of the molecule is Cc1cc(-c2nnco2)ccc1NC1CC(C)N(C)C1. The van der Waals surface area contributed by atoms with Crippen molar-refractivity contribution in [1.82, 2.24) is 15.1 Å². The van der Waals surface area contributed by atoms with Gasteiger partial charge in [0.2, 0.25) is 12.3 Å². The Balaban J connectivity index is 1.75. The largest absolute Gasteiger partial charge is 0.423 e. The van der Waals surface area contributed by atoms with Crippen molar-refractivity contribution < 1.29 is 4.42 Å². The van der Waals surface area contributed by atoms with Gasteiger partial charge in [0, 0.05) is 29.9 Å². The molecule has 0 radical (unpaired) electrons. The highest BCUT2D eigenvalue weighted by Crippen LogP contribution is 2.26. The van der Waals surface area contributed by atoms with Gasteiger partial charge in [-0.1, -0.05) is 0 Å². The maximum absolute atomic E-state index is 5.23. The second kappa shape index (κ2) is 5.25. The van der Waals surface area contributed by atoms with E-state index < -0.39 is 0 Å². The molecular weight excluding hydrogens is 252 g/mol. The molecule has 1 aliphatic heterocycles. The van der Waals surface area contributed by atoms with Crippen molar-refractivity contribution in [1.29, 1.82) is 0 Å². The van der Waals surface area contributed by atoms with E-state index in [4.69, 9.17) is 4.42 Å². The highest BCUT2D eigenvalue weighted by molar-refractivity contribution is 5.62. The number of likely N-dealkylation sites (tertiary alicyclic amines) is 1. The Morgan fingerprint density at radius 2 is 2.25 bits per heavy atom. The number of nitrogens with zero attached hydrogens (tertiary/aromatic N) is 3. The van der Waals surface area contributed by atoms with Gasteiger partial charge in [-0.15, -0.1) is 10.2 Å². The van der Waals surface area contributed by atoms with Crippen LogP contribution >= 0.6 is 0 Å². The third-order valence-electron chi connectivity index (χ3n) is 4.08. The van der Waals surface area contributed by atoms with Gasteiger partial charge in [0.1, 0.15) is 0 Å². The van der Waals surface area contributed by atoms with Crippen LogP contribution in [0.15, 0.2) is 29.0 Å². The van der Waals surface area contributed by atoms with E-state index in [0.29, 0.717) is 18.0 Å². The summed E-state index contributed by atoms with van der Waals surface area (Å²) in [5.41, 5.74) is 3.34. The second-order valence-corrected chi connectivity index (χ2v) is 5.64. The average Bonchev–Trinajstić information content (AvgIpc) is 3.03. The molecule has 2 atom stereocenters. The van der Waals surface area contributed by atoms with Crippen LogP contribution < -0.4 is 5.32 Å². The molecule has 0 bridgehead atoms. The predicted octanol–water partition coefficient (Wildman–Crippen LogP) is 2.55. The summed E-state index contributed by atoms with van der Waals surface area (Å²) in [5, 5.41) is 11.3. The van der Waals surface area contributed by atoms with Gasteiger partial charge in [-0.05, 0) is 51.1 Å². The van der Waals surface area contributed by atoms with Gasteiger partial charge in [-0.25, -0.2) is 0 Å². The van der Waals surface area contributed by atoms with Crippen LogP contribution in [0.3, 0.4) is 0 Å². The zero-order valence-electron chi connectivity index (χ0n) is 12.1. The summed E-state index contributed by atoms with van der Waals surface area (Å²) >= 11 is 0. The number of aryl methyl sites for hydroxylation is 1. The fourth-order valence-corrected chi connectivity index (χ4v) is 2.78. The molecule has 106 valence electrons. The van der Waals surface area contributed by atoms with Gasteiger partial charge in [0.05, 0.1) is 0 Å². The number of benzene rings is 1. The van der Waals surface area contributed by atoms with E-state index in [1.807, 2.05) is 6.07 Å². The fourth-order valence-electron chi connectivity index (χ4n) is 2.78. The minimum absolute atomic E-state index is 0.517. The van der Waals surface area contributed by atoms with Crippen LogP contribution in [0.2, 0.25) is 0 Å². The second-order valence-electron chi connectivity index (χ2n) is 5.64. The molecule has 1 fully saturated rings. The van der Waals surface area contributed by atoms with Crippen molar-refractivity contribution in [2.24, 2.45) is 0 Å². The molecule has 1 aromatic carbocycles. The minimum Gasteiger partial charge on any atom is -0.423 e. The van der Waals surface area contributed by atoms with Crippen LogP contribution in [0, 0.1) is 6.92 Å². The molecule has 0 saturated carbocycles. The van der Waals surface area contributed by atoms with Crippen LogP contribution in [0.4, 0.5) is 5.69 Å². The van der Waals surface area contributed by atoms with E-state index in [1.54, 1.807) is 0 Å². The molecule has 1 aliphatic rings. The number of likely N-dealkylation sites (N-methyl/N-ethyl adjacent to an activating group) is 1. The van der Waals surface area contributed by atoms with E-state index in [9.17, 15) is 0 Å². The third kappa shape index (κ3) is 2.54. The van der Waals surface area contributed by atoms with Gasteiger partial charge < -0.3 is 14.6 Å². The molecule has 1 aromatic heterocycles. The van der Waals surface area contributed by atoms with Crippen LogP contribution in [-0.4, -0.2) is 40.8 Å². The van der Waals surface area contributed by atoms with Crippen LogP contribution in [0.25, 0.3) is 11.5 Å². The van der Waals surface area contributed by atoms with E-state index in [1.165, 1.54) is 24.1 Å². The molecular formula is C15H20N4O. The molecule has 5 nitrogen and oxygen atoms in total. The van der Waals surface area contributed by atoms with Crippen molar-refractivity contribution in [3.8, 4) is 11.5 Å². The minimum atomic E-state index is 0.517. The lowest BCUT2D eigenvalue weighted by Crippen LogP contribution is -2.25. The van der Waals surface area contributed by atoms with Gasteiger partial charge in [0.15, 0.2) is 0 Å². The molecule has 20 heavy (non-hydrogen) atoms. The first-order valence-corrected chi connectivity index (χ1v) is 6.97. The number of nitrogens with one attached hydrogen (secondary N) is 1. The fraction of sp³-hybridized carbons (Fsp3) is 0.467. The van der Waals surface area contributed by atoms with Crippen LogP contribution in [-0.2, 0) is 0 Å². The summed E-state index contributed by atoms with van der Waals surface area (Å²) in [7, 11) is 2.18. The number of aromatic nitrogens is 2. The van der Waals surface area contributed by atoms with E-state index in [0.717, 1.165) is 12.1 Å². The molecule has 1 saturated heterocycles. The monoisotopic (exact) mass is 272 g/mol. The van der Waals surface area contributed by atoms with E-state index in [-0.39, 0.29) is 0 Å². The van der Waals surface area contributed by atoms with Crippen LogP contribution in [0.5, 0.6) is 0 Å². The summed E-state index contributed by atoms with van der Waals surface area (Å²) in [6.07, 6.45) is 2.54. The molecule has 0 aliphatic carbocycles. The smallest absolute Gasteiger partial charge is 0.247 e. The Labute approximate surface area is 119 Å². The lowest BCUT2D eigenvalue weighted by Gasteiger charge is -2.16. The Morgan fingerprint density at radius 3 is 2.85 bits per heavy atom. The number of hydrogen-bond donors (Lipinski definition) is 1. The standard InChI is InChI=1S/C15H20N4O/c1-10-6-12(15-18-16-9-20-15)4-5-14(10)17-13-7-11(2)19(3)8-13/h4-6,9,11,13,17H,7-8H2,1-3H3. The van der Waals surface area contributed by atoms with Gasteiger partial charge in [-0.2, -0.15) is 0 Å². The summed E-state index contributed by atoms with van der Waals surface area (Å²) in [6.45, 7) is 5.46. The molecule has 5 heteroatoms. The van der Waals surface area contributed by atoms with Gasteiger partial charge in [0.25, 0.3) is 0 Å². The average molecular weight is 272 g/mol. The third-order valence-corrected chi connectivity index (χ3v) is 4.08. The molecule has 1 N–H and O–H groups in total. The molecule has 0 spiro atoms. The van der Waals surface area contributed by atoms with E-state index in [2.05, 4.69) is 53.4 Å². The zero-order valence-corrected chi connectivity index (χ0v) is 12.1. The van der Waals surface area contributed by atoms with E-state index >= 15 is 0 Å². The van der Waals surface area contributed by atoms with Crippen molar-refractivity contribution >= 4 is 5.69 Å². The Morgan fingerprint density at radius 1 is 1.40 bits per heavy atom. The normalized spacial score (nSPS) is 23.1. The van der Waals surface area contributed by atoms with Crippen molar-refractivity contribution in [3.05, 3.63) is 30.2 Å².